The SMILES string of the molecule is CCC(=O)O[C@H]1[C@H](c2ccc3c(N)ncnn23)O[C@](C#N)(COP(=O)(N[C@@H](C)C(=O)OC2CCC2)Oc2ccccc2)[C@H]1OC(=O)CC. The molecule has 17 heteroatoms. The zero-order valence-electron chi connectivity index (χ0n) is 26.6. The van der Waals surface area contributed by atoms with Crippen molar-refractivity contribution in [1.29, 1.82) is 5.26 Å². The Labute approximate surface area is 276 Å². The van der Waals surface area contributed by atoms with Gasteiger partial charge in [0.1, 0.15) is 48.5 Å². The van der Waals surface area contributed by atoms with Gasteiger partial charge in [-0.15, -0.1) is 0 Å². The number of carbonyl (C=O) groups excluding carboxylic acids is 3. The zero-order chi connectivity index (χ0) is 34.5. The molecule has 256 valence electrons. The van der Waals surface area contributed by atoms with Gasteiger partial charge in [-0.3, -0.25) is 18.9 Å². The summed E-state index contributed by atoms with van der Waals surface area (Å²) in [5, 5.41) is 17.5. The largest absolute Gasteiger partial charge is 0.461 e. The average Bonchev–Trinajstić information content (AvgIpc) is 3.62. The van der Waals surface area contributed by atoms with Crippen molar-refractivity contribution in [2.24, 2.45) is 0 Å². The van der Waals surface area contributed by atoms with Crippen LogP contribution in [0.3, 0.4) is 0 Å². The lowest BCUT2D eigenvalue weighted by molar-refractivity contribution is -0.169. The lowest BCUT2D eigenvalue weighted by atomic mass is 9.95. The maximum Gasteiger partial charge on any atom is 0.459 e. The van der Waals surface area contributed by atoms with Crippen LogP contribution in [0.15, 0.2) is 48.8 Å². The number of rotatable bonds is 14. The molecule has 2 aromatic heterocycles. The fourth-order valence-corrected chi connectivity index (χ4v) is 6.64. The number of fused-ring (bicyclic) bond motifs is 1. The Hall–Kier alpha value is -4.55. The Bertz CT molecular complexity index is 1730. The summed E-state index contributed by atoms with van der Waals surface area (Å²) in [7, 11) is -4.51. The van der Waals surface area contributed by atoms with Crippen LogP contribution in [0.25, 0.3) is 5.52 Å². The molecule has 0 spiro atoms. The molecule has 1 unspecified atom stereocenters. The van der Waals surface area contributed by atoms with Gasteiger partial charge < -0.3 is 29.2 Å². The second-order valence-electron chi connectivity index (χ2n) is 11.3. The molecule has 1 aromatic carbocycles. The highest BCUT2D eigenvalue weighted by Gasteiger charge is 2.62. The van der Waals surface area contributed by atoms with Crippen molar-refractivity contribution in [3.05, 3.63) is 54.5 Å². The van der Waals surface area contributed by atoms with E-state index >= 15 is 0 Å². The average molecular weight is 685 g/mol. The lowest BCUT2D eigenvalue weighted by Crippen LogP contribution is -2.49. The van der Waals surface area contributed by atoms with E-state index in [9.17, 15) is 24.2 Å². The summed E-state index contributed by atoms with van der Waals surface area (Å²) in [5.41, 5.74) is 4.50. The third-order valence-electron chi connectivity index (χ3n) is 7.95. The van der Waals surface area contributed by atoms with Crippen molar-refractivity contribution in [2.75, 3.05) is 12.3 Å². The van der Waals surface area contributed by atoms with E-state index in [2.05, 4.69) is 15.2 Å². The van der Waals surface area contributed by atoms with E-state index in [0.717, 1.165) is 19.3 Å². The van der Waals surface area contributed by atoms with E-state index in [1.807, 2.05) is 6.07 Å². The number of nitrogens with zero attached hydrogens (tertiary/aromatic N) is 4. The van der Waals surface area contributed by atoms with Crippen molar-refractivity contribution < 1.29 is 46.9 Å². The number of nitrogen functional groups attached to an aromatic ring is 1. The predicted molar refractivity (Wildman–Crippen MR) is 167 cm³/mol. The van der Waals surface area contributed by atoms with Gasteiger partial charge in [-0.05, 0) is 50.5 Å². The van der Waals surface area contributed by atoms with E-state index in [-0.39, 0.29) is 36.2 Å². The fraction of sp³-hybridized carbons (Fsp3) is 0.484. The molecule has 3 heterocycles. The van der Waals surface area contributed by atoms with Gasteiger partial charge in [0.25, 0.3) is 0 Å². The van der Waals surface area contributed by atoms with Gasteiger partial charge in [0.2, 0.25) is 5.60 Å². The molecule has 2 fully saturated rings. The highest BCUT2D eigenvalue weighted by Crippen LogP contribution is 2.50. The molecule has 16 nitrogen and oxygen atoms in total. The minimum atomic E-state index is -4.51. The van der Waals surface area contributed by atoms with Crippen LogP contribution in [-0.2, 0) is 42.4 Å². The Balaban J connectivity index is 1.51. The molecule has 1 saturated heterocycles. The van der Waals surface area contributed by atoms with Crippen LogP contribution in [0.5, 0.6) is 5.75 Å². The van der Waals surface area contributed by atoms with Gasteiger partial charge in [0, 0.05) is 12.8 Å². The molecule has 3 N–H and O–H groups in total. The van der Waals surface area contributed by atoms with Gasteiger partial charge in [0.05, 0.1) is 5.69 Å². The molecule has 2 aliphatic rings. The number of aromatic nitrogens is 3. The van der Waals surface area contributed by atoms with Gasteiger partial charge in [0.15, 0.2) is 18.0 Å². The van der Waals surface area contributed by atoms with Gasteiger partial charge in [-0.2, -0.15) is 15.4 Å². The van der Waals surface area contributed by atoms with Gasteiger partial charge >= 0.3 is 25.7 Å². The predicted octanol–water partition coefficient (Wildman–Crippen LogP) is 3.57. The number of nitriles is 1. The summed E-state index contributed by atoms with van der Waals surface area (Å²) in [5.74, 6) is -1.80. The highest BCUT2D eigenvalue weighted by molar-refractivity contribution is 7.52. The first kappa shape index (κ1) is 34.8. The summed E-state index contributed by atoms with van der Waals surface area (Å²) in [6.45, 7) is 3.72. The molecule has 0 amide bonds. The Morgan fingerprint density at radius 2 is 1.83 bits per heavy atom. The second-order valence-corrected chi connectivity index (χ2v) is 13.0. The molecule has 5 rings (SSSR count). The first-order valence-electron chi connectivity index (χ1n) is 15.5. The summed E-state index contributed by atoms with van der Waals surface area (Å²) < 4.78 is 50.6. The Kier molecular flexibility index (Phi) is 10.6. The van der Waals surface area contributed by atoms with Crippen LogP contribution in [0.1, 0.15) is 64.7 Å². The van der Waals surface area contributed by atoms with Gasteiger partial charge in [-0.25, -0.2) is 14.1 Å². The summed E-state index contributed by atoms with van der Waals surface area (Å²) >= 11 is 0. The van der Waals surface area contributed by atoms with Crippen molar-refractivity contribution in [2.45, 2.75) is 88.9 Å². The number of carbonyl (C=O) groups is 3. The number of para-hydroxylation sites is 1. The zero-order valence-corrected chi connectivity index (χ0v) is 27.5. The number of nitrogens with two attached hydrogens (primary N) is 1. The van der Waals surface area contributed by atoms with Crippen molar-refractivity contribution in [3.63, 3.8) is 0 Å². The maximum atomic E-state index is 14.3. The topological polar surface area (TPSA) is 216 Å². The van der Waals surface area contributed by atoms with E-state index in [0.29, 0.717) is 5.52 Å². The first-order chi connectivity index (χ1) is 23.0. The van der Waals surface area contributed by atoms with Crippen LogP contribution >= 0.6 is 7.75 Å². The van der Waals surface area contributed by atoms with E-state index in [1.54, 1.807) is 44.2 Å². The Morgan fingerprint density at radius 3 is 2.48 bits per heavy atom. The summed E-state index contributed by atoms with van der Waals surface area (Å²) in [6.07, 6.45) is -0.975. The molecule has 1 aliphatic carbocycles. The maximum absolute atomic E-state index is 14.3. The molecule has 1 aliphatic heterocycles. The van der Waals surface area contributed by atoms with Crippen LogP contribution in [0.4, 0.5) is 5.82 Å². The number of nitrogens with one attached hydrogen (secondary N) is 1. The summed E-state index contributed by atoms with van der Waals surface area (Å²) in [4.78, 5) is 42.3. The van der Waals surface area contributed by atoms with Crippen molar-refractivity contribution >= 4 is 37.0 Å². The molecule has 0 bridgehead atoms. The highest BCUT2D eigenvalue weighted by atomic mass is 31.2. The second kappa shape index (κ2) is 14.7. The molecular weight excluding hydrogens is 647 g/mol. The first-order valence-corrected chi connectivity index (χ1v) is 17.1. The Morgan fingerprint density at radius 1 is 1.12 bits per heavy atom. The van der Waals surface area contributed by atoms with E-state index in [4.69, 9.17) is 33.7 Å². The molecule has 3 aromatic rings. The number of hydrogen-bond donors (Lipinski definition) is 2. The minimum absolute atomic E-state index is 0.0450. The standard InChI is InChI=1S/C31H37N6O10P/c1-4-24(38)44-27-26(22-14-15-23-29(33)34-18-35-37(22)23)46-31(16-32,28(27)45-25(39)5-2)17-42-48(41,47-21-10-7-6-8-11-21)36-19(3)30(40)43-20-12-9-13-20/h6-8,10-11,14-15,18-20,26-28H,4-5,9,12-13,17H2,1-3H3,(H,36,41)(H2,33,34,35)/t19-,26-,27-,28-,31+,48?/m0/s1. The normalized spacial score (nSPS) is 24.1. The van der Waals surface area contributed by atoms with Crippen LogP contribution < -0.4 is 15.3 Å². The number of hydrogen-bond acceptors (Lipinski definition) is 14. The fourth-order valence-electron chi connectivity index (χ4n) is 5.12. The number of benzene rings is 1. The lowest BCUT2D eigenvalue weighted by Gasteiger charge is -2.31. The summed E-state index contributed by atoms with van der Waals surface area (Å²) in [6, 6.07) is 12.1. The monoisotopic (exact) mass is 684 g/mol. The van der Waals surface area contributed by atoms with Crippen LogP contribution in [0.2, 0.25) is 0 Å². The van der Waals surface area contributed by atoms with E-state index < -0.39 is 62.2 Å². The van der Waals surface area contributed by atoms with Crippen LogP contribution in [0, 0.1) is 11.3 Å². The number of anilines is 1. The quantitative estimate of drug-likeness (QED) is 0.141. The molecule has 6 atom stereocenters. The van der Waals surface area contributed by atoms with E-state index in [1.165, 1.54) is 29.9 Å². The smallest absolute Gasteiger partial charge is 0.459 e. The van der Waals surface area contributed by atoms with Gasteiger partial charge in [-0.1, -0.05) is 32.0 Å². The minimum Gasteiger partial charge on any atom is -0.461 e. The third-order valence-corrected chi connectivity index (χ3v) is 9.57. The number of ether oxygens (including phenoxy) is 4. The molecule has 0 radical (unpaired) electrons. The third kappa shape index (κ3) is 7.44. The van der Waals surface area contributed by atoms with Crippen molar-refractivity contribution in [3.8, 4) is 11.8 Å². The molecular formula is C31H37N6O10P. The number of esters is 3. The molecule has 1 saturated carbocycles. The van der Waals surface area contributed by atoms with Crippen molar-refractivity contribution in [1.82, 2.24) is 19.7 Å². The van der Waals surface area contributed by atoms with Crippen LogP contribution in [-0.4, -0.2) is 69.1 Å². The molecule has 48 heavy (non-hydrogen) atoms.